The Labute approximate surface area is 200 Å². The lowest BCUT2D eigenvalue weighted by Crippen LogP contribution is -2.19. The Bertz CT molecular complexity index is 1340. The zero-order valence-electron chi connectivity index (χ0n) is 18.8. The van der Waals surface area contributed by atoms with Crippen molar-refractivity contribution in [2.24, 2.45) is 0 Å². The van der Waals surface area contributed by atoms with Gasteiger partial charge < -0.3 is 0 Å². The van der Waals surface area contributed by atoms with Crippen molar-refractivity contribution in [3.05, 3.63) is 127 Å². The van der Waals surface area contributed by atoms with Gasteiger partial charge in [-0.25, -0.2) is 4.98 Å². The van der Waals surface area contributed by atoms with Gasteiger partial charge in [0.1, 0.15) is 5.82 Å². The molecule has 2 nitrogen and oxygen atoms in total. The summed E-state index contributed by atoms with van der Waals surface area (Å²) in [6, 6.07) is 21.4. The molecule has 0 spiro atoms. The molecule has 0 saturated carbocycles. The van der Waals surface area contributed by atoms with E-state index < -0.39 is 0 Å². The van der Waals surface area contributed by atoms with Crippen molar-refractivity contribution < 1.29 is 0 Å². The summed E-state index contributed by atoms with van der Waals surface area (Å²) in [7, 11) is 0. The monoisotopic (exact) mass is 446 g/mol. The fourth-order valence-electron chi connectivity index (χ4n) is 4.69. The van der Waals surface area contributed by atoms with Gasteiger partial charge in [-0.2, -0.15) is 0 Å². The molecule has 1 aromatic heterocycles. The Hall–Kier alpha value is -3.56. The average Bonchev–Trinajstić information content (AvgIpc) is 3.00. The van der Waals surface area contributed by atoms with E-state index in [1.54, 1.807) is 11.8 Å². The van der Waals surface area contributed by atoms with Gasteiger partial charge in [-0.1, -0.05) is 61.7 Å². The summed E-state index contributed by atoms with van der Waals surface area (Å²) in [5.74, 6) is 0.905. The van der Waals surface area contributed by atoms with Crippen LogP contribution in [-0.4, -0.2) is 11.2 Å². The molecular formula is C30H26N2S. The molecule has 0 amide bonds. The summed E-state index contributed by atoms with van der Waals surface area (Å²) in [6.45, 7) is 8.30. The maximum atomic E-state index is 4.85. The third kappa shape index (κ3) is 3.79. The fourth-order valence-corrected chi connectivity index (χ4v) is 5.15. The third-order valence-corrected chi connectivity index (χ3v) is 6.95. The van der Waals surface area contributed by atoms with Gasteiger partial charge in [-0.15, -0.1) is 11.8 Å². The highest BCUT2D eigenvalue weighted by atomic mass is 32.2. The Morgan fingerprint density at radius 1 is 0.939 bits per heavy atom. The molecule has 0 bridgehead atoms. The van der Waals surface area contributed by atoms with Crippen LogP contribution in [0.1, 0.15) is 18.4 Å². The molecule has 162 valence electrons. The lowest BCUT2D eigenvalue weighted by atomic mass is 9.90. The molecule has 3 heteroatoms. The molecule has 2 aliphatic rings. The van der Waals surface area contributed by atoms with Crippen molar-refractivity contribution in [2.45, 2.75) is 17.7 Å². The van der Waals surface area contributed by atoms with Crippen molar-refractivity contribution in [1.29, 1.82) is 0 Å². The zero-order chi connectivity index (χ0) is 22.8. The summed E-state index contributed by atoms with van der Waals surface area (Å²) < 4.78 is 0. The summed E-state index contributed by atoms with van der Waals surface area (Å²) in [5.41, 5.74) is 9.31. The van der Waals surface area contributed by atoms with Gasteiger partial charge in [0, 0.05) is 16.7 Å². The predicted molar refractivity (Wildman–Crippen MR) is 143 cm³/mol. The third-order valence-electron chi connectivity index (χ3n) is 6.22. The highest BCUT2D eigenvalue weighted by molar-refractivity contribution is 7.98. The van der Waals surface area contributed by atoms with Crippen molar-refractivity contribution >= 4 is 28.8 Å². The molecule has 1 aliphatic carbocycles. The van der Waals surface area contributed by atoms with Gasteiger partial charge in [0.2, 0.25) is 0 Å². The number of hydrogen-bond acceptors (Lipinski definition) is 3. The van der Waals surface area contributed by atoms with Crippen LogP contribution in [0.4, 0.5) is 11.5 Å². The van der Waals surface area contributed by atoms with E-state index in [9.17, 15) is 0 Å². The first kappa shape index (κ1) is 21.3. The number of fused-ring (bicyclic) bond motifs is 1. The smallest absolute Gasteiger partial charge is 0.138 e. The van der Waals surface area contributed by atoms with Crippen LogP contribution in [0.25, 0.3) is 16.7 Å². The number of pyridine rings is 1. The summed E-state index contributed by atoms with van der Waals surface area (Å²) in [5, 5.41) is 0. The van der Waals surface area contributed by atoms with Gasteiger partial charge in [-0.05, 0) is 83.4 Å². The first-order chi connectivity index (χ1) is 16.2. The molecule has 0 atom stereocenters. The zero-order valence-corrected chi connectivity index (χ0v) is 19.6. The van der Waals surface area contributed by atoms with Crippen molar-refractivity contribution in [3.8, 4) is 11.1 Å². The Morgan fingerprint density at radius 2 is 1.76 bits per heavy atom. The highest BCUT2D eigenvalue weighted by Gasteiger charge is 2.28. The Balaban J connectivity index is 1.75. The second kappa shape index (κ2) is 9.13. The largest absolute Gasteiger partial charge is 0.294 e. The van der Waals surface area contributed by atoms with Crippen LogP contribution in [0, 0.1) is 0 Å². The van der Waals surface area contributed by atoms with E-state index in [2.05, 4.69) is 97.1 Å². The highest BCUT2D eigenvalue weighted by Crippen LogP contribution is 2.45. The van der Waals surface area contributed by atoms with E-state index in [1.807, 2.05) is 18.3 Å². The number of benzene rings is 2. The van der Waals surface area contributed by atoms with Crippen molar-refractivity contribution in [2.75, 3.05) is 11.2 Å². The number of allylic oxidation sites excluding steroid dienone is 7. The van der Waals surface area contributed by atoms with E-state index in [0.717, 1.165) is 52.3 Å². The van der Waals surface area contributed by atoms with Crippen LogP contribution >= 0.6 is 11.8 Å². The first-order valence-corrected chi connectivity index (χ1v) is 12.4. The SMILES string of the molecule is C=CC1=C(C=C)c2ccccc2N(c2cc(-c3cccc(SC)c3)ccn2)C2=C1CCC=C2. The molecule has 0 radical (unpaired) electrons. The van der Waals surface area contributed by atoms with Crippen LogP contribution in [-0.2, 0) is 0 Å². The molecule has 5 rings (SSSR count). The maximum Gasteiger partial charge on any atom is 0.138 e. The minimum atomic E-state index is 0.905. The Kier molecular flexibility index (Phi) is 5.89. The lowest BCUT2D eigenvalue weighted by Gasteiger charge is -2.29. The number of rotatable bonds is 5. The first-order valence-electron chi connectivity index (χ1n) is 11.1. The van der Waals surface area contributed by atoms with Gasteiger partial charge in [0.05, 0.1) is 11.4 Å². The van der Waals surface area contributed by atoms with E-state index in [1.165, 1.54) is 16.0 Å². The summed E-state index contributed by atoms with van der Waals surface area (Å²) in [4.78, 5) is 8.39. The molecule has 0 fully saturated rings. The molecule has 2 aromatic carbocycles. The molecule has 1 aliphatic heterocycles. The van der Waals surface area contributed by atoms with Gasteiger partial charge >= 0.3 is 0 Å². The topological polar surface area (TPSA) is 16.1 Å². The summed E-state index contributed by atoms with van der Waals surface area (Å²) >= 11 is 1.76. The van der Waals surface area contributed by atoms with E-state index in [-0.39, 0.29) is 0 Å². The van der Waals surface area contributed by atoms with Gasteiger partial charge in [-0.3, -0.25) is 4.90 Å². The minimum absolute atomic E-state index is 0.905. The van der Waals surface area contributed by atoms with E-state index in [4.69, 9.17) is 4.98 Å². The second-order valence-electron chi connectivity index (χ2n) is 8.03. The average molecular weight is 447 g/mol. The fraction of sp³-hybridized carbons (Fsp3) is 0.100. The molecule has 0 saturated heterocycles. The van der Waals surface area contributed by atoms with Crippen LogP contribution in [0.2, 0.25) is 0 Å². The molecule has 3 aromatic rings. The number of anilines is 2. The number of aromatic nitrogens is 1. The van der Waals surface area contributed by atoms with Crippen LogP contribution in [0.3, 0.4) is 0 Å². The molecule has 0 unspecified atom stereocenters. The van der Waals surface area contributed by atoms with Crippen molar-refractivity contribution in [3.63, 3.8) is 0 Å². The second-order valence-corrected chi connectivity index (χ2v) is 8.91. The standard InChI is InChI=1S/C30H26N2S/c1-4-24-25(5-2)27-14-7-9-16-29(27)32(28-15-8-6-13-26(24)28)30-20-22(17-18-31-30)21-11-10-12-23(19-21)33-3/h4-6,8-13,15-20H,1-2,7,14H2,3H3. The minimum Gasteiger partial charge on any atom is -0.294 e. The lowest BCUT2D eigenvalue weighted by molar-refractivity contribution is 0.939. The number of para-hydroxylation sites is 1. The maximum absolute atomic E-state index is 4.85. The normalized spacial score (nSPS) is 15.1. The van der Waals surface area contributed by atoms with Gasteiger partial charge in [0.15, 0.2) is 0 Å². The van der Waals surface area contributed by atoms with Gasteiger partial charge in [0.25, 0.3) is 0 Å². The van der Waals surface area contributed by atoms with Crippen molar-refractivity contribution in [1.82, 2.24) is 4.98 Å². The number of hydrogen-bond donors (Lipinski definition) is 0. The van der Waals surface area contributed by atoms with E-state index >= 15 is 0 Å². The number of thioether (sulfide) groups is 1. The molecular weight excluding hydrogens is 420 g/mol. The quantitative estimate of drug-likeness (QED) is 0.366. The number of nitrogens with zero attached hydrogens (tertiary/aromatic N) is 2. The molecule has 33 heavy (non-hydrogen) atoms. The summed E-state index contributed by atoms with van der Waals surface area (Å²) in [6.07, 6.45) is 14.4. The molecule has 0 N–H and O–H groups in total. The van der Waals surface area contributed by atoms with Crippen LogP contribution in [0.5, 0.6) is 0 Å². The van der Waals surface area contributed by atoms with E-state index in [0.29, 0.717) is 0 Å². The molecule has 2 heterocycles. The van der Waals surface area contributed by atoms with Crippen LogP contribution < -0.4 is 4.90 Å². The van der Waals surface area contributed by atoms with Crippen LogP contribution in [0.15, 0.2) is 126 Å². The predicted octanol–water partition coefficient (Wildman–Crippen LogP) is 8.35. The Morgan fingerprint density at radius 3 is 2.58 bits per heavy atom.